The maximum absolute atomic E-state index is 11.9. The average molecular weight is 252 g/mol. The summed E-state index contributed by atoms with van der Waals surface area (Å²) in [6.45, 7) is 0. The minimum absolute atomic E-state index is 0.00574. The number of amides is 1. The number of hydrogen-bond donors (Lipinski definition) is 1. The van der Waals surface area contributed by atoms with Gasteiger partial charge in [0.2, 0.25) is 5.91 Å². The fourth-order valence-electron chi connectivity index (χ4n) is 2.03. The molecule has 0 spiro atoms. The average Bonchev–Trinajstić information content (AvgIpc) is 2.61. The predicted octanol–water partition coefficient (Wildman–Crippen LogP) is -2.74. The monoisotopic (exact) mass is 252 g/mol. The molecule has 1 aromatic heterocycles. The van der Waals surface area contributed by atoms with Crippen LogP contribution in [0, 0.1) is 0 Å². The number of aliphatic carboxylic acids is 1. The fraction of sp³-hybridized carbons (Fsp3) is 0.400. The third-order valence-corrected chi connectivity index (χ3v) is 2.98. The summed E-state index contributed by atoms with van der Waals surface area (Å²) in [5.41, 5.74) is -1.26. The fourth-order valence-corrected chi connectivity index (χ4v) is 2.03. The number of carbonyl (C=O) groups is 2. The van der Waals surface area contributed by atoms with Gasteiger partial charge in [0.25, 0.3) is 5.56 Å². The lowest BCUT2D eigenvalue weighted by atomic mass is 10.00. The SMILES string of the molecule is Cn1c2c(c(=O)n(C)c1=O)C(CC(=O)[O-])C(=O)N2. The zero-order chi connectivity index (χ0) is 13.6. The Hall–Kier alpha value is -2.38. The number of rotatable bonds is 2. The Morgan fingerprint density at radius 2 is 1.89 bits per heavy atom. The molecule has 1 N–H and O–H groups in total. The van der Waals surface area contributed by atoms with Crippen LogP contribution in [0.5, 0.6) is 0 Å². The maximum atomic E-state index is 11.9. The van der Waals surface area contributed by atoms with Crippen molar-refractivity contribution >= 4 is 17.7 Å². The first-order valence-electron chi connectivity index (χ1n) is 5.15. The molecule has 1 aliphatic rings. The summed E-state index contributed by atoms with van der Waals surface area (Å²) < 4.78 is 1.94. The normalized spacial score (nSPS) is 17.4. The van der Waals surface area contributed by atoms with E-state index in [1.165, 1.54) is 14.1 Å². The van der Waals surface area contributed by atoms with Crippen molar-refractivity contribution in [1.82, 2.24) is 9.13 Å². The van der Waals surface area contributed by atoms with Crippen LogP contribution in [-0.4, -0.2) is 21.0 Å². The largest absolute Gasteiger partial charge is 0.550 e. The minimum atomic E-state index is -1.43. The van der Waals surface area contributed by atoms with Gasteiger partial charge in [-0.25, -0.2) is 4.79 Å². The molecule has 2 rings (SSSR count). The minimum Gasteiger partial charge on any atom is -0.550 e. The van der Waals surface area contributed by atoms with E-state index in [0.29, 0.717) is 0 Å². The second-order valence-corrected chi connectivity index (χ2v) is 4.09. The number of anilines is 1. The summed E-state index contributed by atoms with van der Waals surface area (Å²) in [5.74, 6) is -3.11. The van der Waals surface area contributed by atoms with E-state index in [1.54, 1.807) is 0 Å². The summed E-state index contributed by atoms with van der Waals surface area (Å²) in [6.07, 6.45) is -0.591. The van der Waals surface area contributed by atoms with Crippen molar-refractivity contribution in [2.24, 2.45) is 14.1 Å². The molecule has 0 fully saturated rings. The summed E-state index contributed by atoms with van der Waals surface area (Å²) in [6, 6.07) is 0. The molecule has 0 radical (unpaired) electrons. The highest BCUT2D eigenvalue weighted by molar-refractivity contribution is 6.03. The van der Waals surface area contributed by atoms with Crippen molar-refractivity contribution in [2.45, 2.75) is 12.3 Å². The van der Waals surface area contributed by atoms with Crippen molar-refractivity contribution in [3.8, 4) is 0 Å². The molecule has 1 aliphatic heterocycles. The first-order valence-corrected chi connectivity index (χ1v) is 5.15. The van der Waals surface area contributed by atoms with Crippen LogP contribution >= 0.6 is 0 Å². The Morgan fingerprint density at radius 3 is 2.44 bits per heavy atom. The Kier molecular flexibility index (Phi) is 2.57. The second kappa shape index (κ2) is 3.83. The van der Waals surface area contributed by atoms with Gasteiger partial charge in [-0.15, -0.1) is 0 Å². The van der Waals surface area contributed by atoms with Crippen molar-refractivity contribution in [3.63, 3.8) is 0 Å². The Labute approximate surface area is 100 Å². The van der Waals surface area contributed by atoms with E-state index in [1.807, 2.05) is 0 Å². The molecule has 2 heterocycles. The third kappa shape index (κ3) is 1.53. The number of carboxylic acids is 1. The molecule has 0 saturated carbocycles. The van der Waals surface area contributed by atoms with E-state index >= 15 is 0 Å². The van der Waals surface area contributed by atoms with E-state index in [2.05, 4.69) is 5.32 Å². The molecule has 96 valence electrons. The second-order valence-electron chi connectivity index (χ2n) is 4.09. The Balaban J connectivity index is 2.73. The van der Waals surface area contributed by atoms with Gasteiger partial charge in [-0.05, 0) is 0 Å². The van der Waals surface area contributed by atoms with Crippen LogP contribution in [0.3, 0.4) is 0 Å². The number of nitrogens with one attached hydrogen (secondary N) is 1. The van der Waals surface area contributed by atoms with Gasteiger partial charge in [-0.1, -0.05) is 0 Å². The zero-order valence-electron chi connectivity index (χ0n) is 9.72. The van der Waals surface area contributed by atoms with Gasteiger partial charge in [0.1, 0.15) is 5.82 Å². The van der Waals surface area contributed by atoms with E-state index in [0.717, 1.165) is 9.13 Å². The summed E-state index contributed by atoms with van der Waals surface area (Å²) >= 11 is 0. The van der Waals surface area contributed by atoms with E-state index in [4.69, 9.17) is 0 Å². The van der Waals surface area contributed by atoms with Gasteiger partial charge in [0.05, 0.1) is 11.5 Å². The zero-order valence-corrected chi connectivity index (χ0v) is 9.72. The van der Waals surface area contributed by atoms with Crippen molar-refractivity contribution in [1.29, 1.82) is 0 Å². The van der Waals surface area contributed by atoms with Crippen molar-refractivity contribution < 1.29 is 14.7 Å². The molecule has 1 unspecified atom stereocenters. The number of carboxylic acid groups (broad SMARTS) is 1. The van der Waals surface area contributed by atoms with Crippen LogP contribution in [0.1, 0.15) is 17.9 Å². The van der Waals surface area contributed by atoms with Crippen LogP contribution < -0.4 is 21.7 Å². The molecule has 0 aromatic carbocycles. The lowest BCUT2D eigenvalue weighted by Gasteiger charge is -2.10. The molecule has 0 saturated heterocycles. The molecular formula is C10H10N3O5-. The molecule has 8 nitrogen and oxygen atoms in total. The third-order valence-electron chi connectivity index (χ3n) is 2.98. The number of carbonyl (C=O) groups excluding carboxylic acids is 2. The molecule has 1 amide bonds. The van der Waals surface area contributed by atoms with E-state index in [-0.39, 0.29) is 11.4 Å². The topological polar surface area (TPSA) is 113 Å². The molecule has 0 bridgehead atoms. The van der Waals surface area contributed by atoms with Gasteiger partial charge in [0, 0.05) is 26.5 Å². The first-order chi connectivity index (χ1) is 8.34. The lowest BCUT2D eigenvalue weighted by Crippen LogP contribution is -2.39. The smallest absolute Gasteiger partial charge is 0.332 e. The highest BCUT2D eigenvalue weighted by atomic mass is 16.4. The van der Waals surface area contributed by atoms with Gasteiger partial charge >= 0.3 is 5.69 Å². The van der Waals surface area contributed by atoms with Crippen LogP contribution in [0.25, 0.3) is 0 Å². The van der Waals surface area contributed by atoms with Gasteiger partial charge < -0.3 is 15.2 Å². The van der Waals surface area contributed by atoms with Crippen LogP contribution in [0.2, 0.25) is 0 Å². The highest BCUT2D eigenvalue weighted by Gasteiger charge is 2.36. The number of nitrogens with zero attached hydrogens (tertiary/aromatic N) is 2. The lowest BCUT2D eigenvalue weighted by molar-refractivity contribution is -0.306. The Bertz CT molecular complexity index is 669. The highest BCUT2D eigenvalue weighted by Crippen LogP contribution is 2.30. The standard InChI is InChI=1S/C10H11N3O5/c1-12-7-6(9(17)13(2)10(12)18)4(3-5(14)15)8(16)11-7/h4H,3H2,1-2H3,(H,11,16)(H,14,15)/p-1. The predicted molar refractivity (Wildman–Crippen MR) is 57.9 cm³/mol. The molecule has 18 heavy (non-hydrogen) atoms. The van der Waals surface area contributed by atoms with Crippen molar-refractivity contribution in [2.75, 3.05) is 5.32 Å². The summed E-state index contributed by atoms with van der Waals surface area (Å²) in [4.78, 5) is 45.8. The van der Waals surface area contributed by atoms with Crippen LogP contribution in [0.15, 0.2) is 9.59 Å². The van der Waals surface area contributed by atoms with Gasteiger partial charge in [-0.2, -0.15) is 0 Å². The summed E-state index contributed by atoms with van der Waals surface area (Å²) in [5, 5.41) is 12.9. The number of fused-ring (bicyclic) bond motifs is 1. The van der Waals surface area contributed by atoms with E-state index in [9.17, 15) is 24.3 Å². The molecular weight excluding hydrogens is 242 g/mol. The van der Waals surface area contributed by atoms with Crippen LogP contribution in [0.4, 0.5) is 5.82 Å². The Morgan fingerprint density at radius 1 is 1.28 bits per heavy atom. The van der Waals surface area contributed by atoms with Gasteiger partial charge in [0.15, 0.2) is 0 Å². The first kappa shape index (κ1) is 12.1. The summed E-state index contributed by atoms with van der Waals surface area (Å²) in [7, 11) is 2.66. The van der Waals surface area contributed by atoms with Crippen molar-refractivity contribution in [3.05, 3.63) is 26.4 Å². The molecule has 8 heteroatoms. The molecule has 1 aromatic rings. The van der Waals surface area contributed by atoms with E-state index < -0.39 is 35.5 Å². The molecule has 0 aliphatic carbocycles. The number of aromatic nitrogens is 2. The number of hydrogen-bond acceptors (Lipinski definition) is 5. The van der Waals surface area contributed by atoms with Crippen LogP contribution in [-0.2, 0) is 23.7 Å². The van der Waals surface area contributed by atoms with Gasteiger partial charge in [-0.3, -0.25) is 18.7 Å². The quantitative estimate of drug-likeness (QED) is 0.613. The maximum Gasteiger partial charge on any atom is 0.332 e. The molecule has 1 atom stereocenters.